The van der Waals surface area contributed by atoms with Crippen molar-refractivity contribution in [3.63, 3.8) is 0 Å². The highest BCUT2D eigenvalue weighted by Crippen LogP contribution is 2.19. The van der Waals surface area contributed by atoms with Gasteiger partial charge in [-0.1, -0.05) is 12.1 Å². The highest BCUT2D eigenvalue weighted by atomic mass is 35.5. The third kappa shape index (κ3) is 5.58. The Kier molecular flexibility index (Phi) is 7.13. The molecule has 21 heavy (non-hydrogen) atoms. The van der Waals surface area contributed by atoms with Gasteiger partial charge < -0.3 is 5.32 Å². The van der Waals surface area contributed by atoms with E-state index in [-0.39, 0.29) is 12.4 Å². The summed E-state index contributed by atoms with van der Waals surface area (Å²) in [4.78, 5) is 2.86. The van der Waals surface area contributed by atoms with Crippen molar-refractivity contribution < 1.29 is 8.42 Å². The molecule has 1 atom stereocenters. The van der Waals surface area contributed by atoms with Crippen LogP contribution in [0, 0.1) is 5.92 Å². The first-order valence-electron chi connectivity index (χ1n) is 7.15. The van der Waals surface area contributed by atoms with Gasteiger partial charge in [-0.05, 0) is 56.6 Å². The van der Waals surface area contributed by atoms with E-state index in [9.17, 15) is 8.42 Å². The number of nitrogens with one attached hydrogen (secondary N) is 1. The number of hydrogen-bond donors (Lipinski definition) is 1. The molecule has 0 amide bonds. The van der Waals surface area contributed by atoms with Crippen LogP contribution in [0.2, 0.25) is 0 Å². The molecule has 1 aliphatic rings. The molecular formula is C15H25ClN2O2S. The van der Waals surface area contributed by atoms with Gasteiger partial charge in [0.1, 0.15) is 0 Å². The molecule has 2 rings (SSSR count). The first-order valence-corrected chi connectivity index (χ1v) is 9.04. The predicted molar refractivity (Wildman–Crippen MR) is 88.7 cm³/mol. The molecule has 120 valence electrons. The highest BCUT2D eigenvalue weighted by Gasteiger charge is 2.19. The van der Waals surface area contributed by atoms with Crippen molar-refractivity contribution in [2.24, 2.45) is 5.92 Å². The average molecular weight is 333 g/mol. The maximum absolute atomic E-state index is 11.4. The van der Waals surface area contributed by atoms with E-state index in [1.807, 2.05) is 19.2 Å². The molecule has 1 heterocycles. The summed E-state index contributed by atoms with van der Waals surface area (Å²) in [6.45, 7) is 4.23. The van der Waals surface area contributed by atoms with Crippen molar-refractivity contribution in [1.82, 2.24) is 10.2 Å². The summed E-state index contributed by atoms with van der Waals surface area (Å²) in [7, 11) is -1.09. The molecule has 0 bridgehead atoms. The Labute approximate surface area is 134 Å². The Balaban J connectivity index is 0.00000220. The van der Waals surface area contributed by atoms with Crippen molar-refractivity contribution in [3.8, 4) is 0 Å². The molecule has 1 aliphatic heterocycles. The van der Waals surface area contributed by atoms with Crippen LogP contribution in [-0.2, 0) is 16.4 Å². The fraction of sp³-hybridized carbons (Fsp3) is 0.600. The Morgan fingerprint density at radius 2 is 1.95 bits per heavy atom. The topological polar surface area (TPSA) is 49.4 Å². The lowest BCUT2D eigenvalue weighted by atomic mass is 9.97. The van der Waals surface area contributed by atoms with Crippen LogP contribution in [0.15, 0.2) is 29.2 Å². The second-order valence-corrected chi connectivity index (χ2v) is 7.73. The van der Waals surface area contributed by atoms with Crippen LogP contribution in [0.1, 0.15) is 18.4 Å². The second-order valence-electron chi connectivity index (χ2n) is 5.72. The van der Waals surface area contributed by atoms with Gasteiger partial charge >= 0.3 is 0 Å². The van der Waals surface area contributed by atoms with Gasteiger partial charge in [0.15, 0.2) is 9.84 Å². The molecule has 0 aromatic heterocycles. The van der Waals surface area contributed by atoms with E-state index in [1.54, 1.807) is 12.1 Å². The molecule has 0 aliphatic carbocycles. The van der Waals surface area contributed by atoms with Crippen molar-refractivity contribution in [3.05, 3.63) is 29.8 Å². The monoisotopic (exact) mass is 332 g/mol. The maximum atomic E-state index is 11.4. The lowest BCUT2D eigenvalue weighted by Gasteiger charge is -2.32. The fourth-order valence-corrected chi connectivity index (χ4v) is 3.48. The summed E-state index contributed by atoms with van der Waals surface area (Å²) in [5.41, 5.74) is 1.18. The molecule has 1 aromatic rings. The highest BCUT2D eigenvalue weighted by molar-refractivity contribution is 7.90. The zero-order valence-corrected chi connectivity index (χ0v) is 14.3. The standard InChI is InChI=1S/C15H24N2O2S.ClH/c1-16-10-14-4-3-9-17(12-14)11-13-5-7-15(8-6-13)20(2,18)19;/h5-8,14,16H,3-4,9-12H2,1-2H3;1H. The summed E-state index contributed by atoms with van der Waals surface area (Å²) < 4.78 is 22.9. The van der Waals surface area contributed by atoms with Crippen molar-refractivity contribution in [2.45, 2.75) is 24.3 Å². The molecule has 1 unspecified atom stereocenters. The van der Waals surface area contributed by atoms with E-state index < -0.39 is 9.84 Å². The van der Waals surface area contributed by atoms with Crippen molar-refractivity contribution in [1.29, 1.82) is 0 Å². The van der Waals surface area contributed by atoms with Crippen LogP contribution in [0.3, 0.4) is 0 Å². The third-order valence-corrected chi connectivity index (χ3v) is 4.98. The minimum Gasteiger partial charge on any atom is -0.319 e. The summed E-state index contributed by atoms with van der Waals surface area (Å²) >= 11 is 0. The predicted octanol–water partition coefficient (Wildman–Crippen LogP) is 1.94. The van der Waals surface area contributed by atoms with E-state index in [1.165, 1.54) is 24.7 Å². The summed E-state index contributed by atoms with van der Waals surface area (Å²) in [6.07, 6.45) is 3.78. The number of sulfone groups is 1. The molecule has 1 saturated heterocycles. The van der Waals surface area contributed by atoms with Crippen LogP contribution in [-0.4, -0.2) is 46.3 Å². The van der Waals surface area contributed by atoms with Crippen LogP contribution >= 0.6 is 12.4 Å². The molecule has 1 fully saturated rings. The van der Waals surface area contributed by atoms with Gasteiger partial charge in [0, 0.05) is 19.3 Å². The van der Waals surface area contributed by atoms with Crippen LogP contribution in [0.25, 0.3) is 0 Å². The third-order valence-electron chi connectivity index (χ3n) is 3.85. The minimum atomic E-state index is -3.09. The number of halogens is 1. The van der Waals surface area contributed by atoms with Gasteiger partial charge in [-0.25, -0.2) is 8.42 Å². The summed E-state index contributed by atoms with van der Waals surface area (Å²) in [6, 6.07) is 7.27. The van der Waals surface area contributed by atoms with E-state index in [0.717, 1.165) is 32.1 Å². The number of piperidine rings is 1. The Morgan fingerprint density at radius 3 is 2.52 bits per heavy atom. The summed E-state index contributed by atoms with van der Waals surface area (Å²) in [5.74, 6) is 0.726. The number of hydrogen-bond acceptors (Lipinski definition) is 4. The Morgan fingerprint density at radius 1 is 1.29 bits per heavy atom. The average Bonchev–Trinajstić information content (AvgIpc) is 2.39. The van der Waals surface area contributed by atoms with E-state index in [0.29, 0.717) is 4.90 Å². The molecular weight excluding hydrogens is 308 g/mol. The zero-order chi connectivity index (χ0) is 14.6. The zero-order valence-electron chi connectivity index (χ0n) is 12.7. The van der Waals surface area contributed by atoms with Crippen LogP contribution in [0.4, 0.5) is 0 Å². The van der Waals surface area contributed by atoms with Gasteiger partial charge in [0.05, 0.1) is 4.90 Å². The molecule has 0 spiro atoms. The van der Waals surface area contributed by atoms with Crippen molar-refractivity contribution in [2.75, 3.05) is 32.9 Å². The normalized spacial score (nSPS) is 20.0. The molecule has 4 nitrogen and oxygen atoms in total. The molecule has 0 radical (unpaired) electrons. The fourth-order valence-electron chi connectivity index (χ4n) is 2.85. The largest absolute Gasteiger partial charge is 0.319 e. The lowest BCUT2D eigenvalue weighted by Crippen LogP contribution is -2.38. The molecule has 1 aromatic carbocycles. The van der Waals surface area contributed by atoms with Crippen molar-refractivity contribution >= 4 is 22.2 Å². The lowest BCUT2D eigenvalue weighted by molar-refractivity contribution is 0.167. The minimum absolute atomic E-state index is 0. The number of rotatable bonds is 5. The Bertz CT molecular complexity index is 529. The van der Waals surface area contributed by atoms with Gasteiger partial charge in [-0.3, -0.25) is 4.90 Å². The van der Waals surface area contributed by atoms with Gasteiger partial charge in [-0.2, -0.15) is 0 Å². The van der Waals surface area contributed by atoms with E-state index in [4.69, 9.17) is 0 Å². The molecule has 0 saturated carbocycles. The number of nitrogens with zero attached hydrogens (tertiary/aromatic N) is 1. The molecule has 1 N–H and O–H groups in total. The quantitative estimate of drug-likeness (QED) is 0.895. The van der Waals surface area contributed by atoms with Gasteiger partial charge in [0.2, 0.25) is 0 Å². The first-order chi connectivity index (χ1) is 9.49. The Hall–Kier alpha value is -0.620. The van der Waals surface area contributed by atoms with Gasteiger partial charge in [-0.15, -0.1) is 12.4 Å². The SMILES string of the molecule is CNCC1CCCN(Cc2ccc(S(C)(=O)=O)cc2)C1.Cl. The van der Waals surface area contributed by atoms with E-state index in [2.05, 4.69) is 10.2 Å². The van der Waals surface area contributed by atoms with Crippen LogP contribution in [0.5, 0.6) is 0 Å². The number of likely N-dealkylation sites (tertiary alicyclic amines) is 1. The second kappa shape index (κ2) is 8.13. The molecule has 6 heteroatoms. The summed E-state index contributed by atoms with van der Waals surface area (Å²) in [5, 5.41) is 3.25. The number of benzene rings is 1. The first kappa shape index (κ1) is 18.4. The van der Waals surface area contributed by atoms with Crippen LogP contribution < -0.4 is 5.32 Å². The van der Waals surface area contributed by atoms with E-state index >= 15 is 0 Å². The van der Waals surface area contributed by atoms with Gasteiger partial charge in [0.25, 0.3) is 0 Å². The maximum Gasteiger partial charge on any atom is 0.175 e. The smallest absolute Gasteiger partial charge is 0.175 e.